The van der Waals surface area contributed by atoms with E-state index >= 15 is 0 Å². The first-order valence-electron chi connectivity index (χ1n) is 8.56. The maximum absolute atomic E-state index is 5.92. The molecule has 1 fully saturated rings. The minimum Gasteiger partial charge on any atom is -0.376 e. The third-order valence-electron chi connectivity index (χ3n) is 4.22. The second-order valence-corrected chi connectivity index (χ2v) is 6.45. The van der Waals surface area contributed by atoms with Crippen LogP contribution >= 0.6 is 0 Å². The molecule has 3 rings (SSSR count). The lowest BCUT2D eigenvalue weighted by Crippen LogP contribution is -2.43. The van der Waals surface area contributed by atoms with E-state index in [-0.39, 0.29) is 12.1 Å². The number of hydrogen-bond acceptors (Lipinski definition) is 6. The first-order valence-corrected chi connectivity index (χ1v) is 8.56. The van der Waals surface area contributed by atoms with Gasteiger partial charge < -0.3 is 15.4 Å². The smallest absolute Gasteiger partial charge is 0.224 e. The normalized spacial score (nSPS) is 20.8. The minimum atomic E-state index is 0.204. The van der Waals surface area contributed by atoms with E-state index in [1.54, 1.807) is 18.6 Å². The van der Waals surface area contributed by atoms with E-state index in [0.717, 1.165) is 25.3 Å². The summed E-state index contributed by atoms with van der Waals surface area (Å²) in [6, 6.07) is 6.11. The van der Waals surface area contributed by atoms with Gasteiger partial charge in [-0.15, -0.1) is 0 Å². The van der Waals surface area contributed by atoms with Crippen molar-refractivity contribution in [3.63, 3.8) is 0 Å². The van der Waals surface area contributed by atoms with Crippen LogP contribution in [0.4, 0.5) is 11.8 Å². The molecule has 0 bridgehead atoms. The average molecular weight is 327 g/mol. The molecule has 128 valence electrons. The predicted octanol–water partition coefficient (Wildman–Crippen LogP) is 3.10. The molecule has 2 atom stereocenters. The first-order chi connectivity index (χ1) is 11.7. The van der Waals surface area contributed by atoms with Crippen LogP contribution in [0.3, 0.4) is 0 Å². The Labute approximate surface area is 143 Å². The van der Waals surface area contributed by atoms with Crippen molar-refractivity contribution in [2.75, 3.05) is 17.2 Å². The summed E-state index contributed by atoms with van der Waals surface area (Å²) < 4.78 is 5.92. The Morgan fingerprint density at radius 1 is 1.21 bits per heavy atom. The van der Waals surface area contributed by atoms with Crippen LogP contribution in [0.25, 0.3) is 0 Å². The highest BCUT2D eigenvalue weighted by Gasteiger charge is 2.28. The number of rotatable bonds is 6. The van der Waals surface area contributed by atoms with Crippen LogP contribution in [-0.4, -0.2) is 33.7 Å². The van der Waals surface area contributed by atoms with Gasteiger partial charge >= 0.3 is 0 Å². The lowest BCUT2D eigenvalue weighted by molar-refractivity contribution is -0.0203. The zero-order valence-corrected chi connectivity index (χ0v) is 14.3. The summed E-state index contributed by atoms with van der Waals surface area (Å²) >= 11 is 0. The van der Waals surface area contributed by atoms with Crippen molar-refractivity contribution in [3.05, 3.63) is 42.4 Å². The van der Waals surface area contributed by atoms with Crippen LogP contribution in [0.15, 0.2) is 36.8 Å². The first kappa shape index (κ1) is 16.6. The maximum atomic E-state index is 5.92. The molecule has 0 radical (unpaired) electrons. The molecule has 0 spiro atoms. The molecule has 0 unspecified atom stereocenters. The lowest BCUT2D eigenvalue weighted by Gasteiger charge is -2.34. The molecule has 0 amide bonds. The van der Waals surface area contributed by atoms with Gasteiger partial charge in [0.1, 0.15) is 5.82 Å². The van der Waals surface area contributed by atoms with E-state index in [9.17, 15) is 0 Å². The Morgan fingerprint density at radius 2 is 2.04 bits per heavy atom. The molecule has 2 N–H and O–H groups in total. The fourth-order valence-electron chi connectivity index (χ4n) is 3.00. The lowest BCUT2D eigenvalue weighted by atomic mass is 9.94. The van der Waals surface area contributed by atoms with Gasteiger partial charge in [0.15, 0.2) is 0 Å². The second-order valence-electron chi connectivity index (χ2n) is 6.45. The van der Waals surface area contributed by atoms with Gasteiger partial charge in [-0.1, -0.05) is 13.8 Å². The van der Waals surface area contributed by atoms with Gasteiger partial charge in [-0.3, -0.25) is 4.98 Å². The average Bonchev–Trinajstić information content (AvgIpc) is 2.61. The minimum absolute atomic E-state index is 0.204. The summed E-state index contributed by atoms with van der Waals surface area (Å²) in [6.45, 7) is 5.94. The molecule has 2 aromatic heterocycles. The fourth-order valence-corrected chi connectivity index (χ4v) is 3.00. The molecule has 0 aromatic carbocycles. The predicted molar refractivity (Wildman–Crippen MR) is 94.8 cm³/mol. The van der Waals surface area contributed by atoms with Crippen LogP contribution in [0.2, 0.25) is 0 Å². The summed E-state index contributed by atoms with van der Waals surface area (Å²) in [7, 11) is 0. The summed E-state index contributed by atoms with van der Waals surface area (Å²) in [6.07, 6.45) is 7.72. The van der Waals surface area contributed by atoms with Gasteiger partial charge in [0.25, 0.3) is 0 Å². The third kappa shape index (κ3) is 4.41. The van der Waals surface area contributed by atoms with Crippen LogP contribution in [0.1, 0.15) is 32.3 Å². The quantitative estimate of drug-likeness (QED) is 0.849. The summed E-state index contributed by atoms with van der Waals surface area (Å²) in [5.74, 6) is 1.92. The highest BCUT2D eigenvalue weighted by molar-refractivity contribution is 5.40. The van der Waals surface area contributed by atoms with Crippen molar-refractivity contribution in [2.24, 2.45) is 5.92 Å². The number of pyridine rings is 1. The number of aromatic nitrogens is 3. The fraction of sp³-hybridized carbons (Fsp3) is 0.500. The Bertz CT molecular complexity index is 634. The van der Waals surface area contributed by atoms with E-state index in [2.05, 4.69) is 39.4 Å². The molecular formula is C18H25N5O. The molecule has 6 nitrogen and oxygen atoms in total. The zero-order chi connectivity index (χ0) is 16.8. The topological polar surface area (TPSA) is 72.0 Å². The van der Waals surface area contributed by atoms with E-state index < -0.39 is 0 Å². The largest absolute Gasteiger partial charge is 0.376 e. The van der Waals surface area contributed by atoms with Crippen LogP contribution in [-0.2, 0) is 11.3 Å². The summed E-state index contributed by atoms with van der Waals surface area (Å²) in [5.41, 5.74) is 1.17. The Hall–Kier alpha value is -2.21. The van der Waals surface area contributed by atoms with Crippen molar-refractivity contribution in [3.8, 4) is 0 Å². The highest BCUT2D eigenvalue weighted by atomic mass is 16.5. The van der Waals surface area contributed by atoms with Crippen LogP contribution in [0.5, 0.6) is 0 Å². The summed E-state index contributed by atoms with van der Waals surface area (Å²) in [4.78, 5) is 13.0. The van der Waals surface area contributed by atoms with Gasteiger partial charge in [0, 0.05) is 31.7 Å². The van der Waals surface area contributed by atoms with Crippen molar-refractivity contribution in [2.45, 2.75) is 45.4 Å². The van der Waals surface area contributed by atoms with E-state index in [0.29, 0.717) is 18.4 Å². The number of nitrogens with zero attached hydrogens (tertiary/aromatic N) is 3. The monoisotopic (exact) mass is 327 g/mol. The maximum Gasteiger partial charge on any atom is 0.224 e. The molecule has 1 aliphatic rings. The third-order valence-corrected chi connectivity index (χ3v) is 4.22. The molecule has 1 saturated heterocycles. The second kappa shape index (κ2) is 8.06. The molecule has 0 aliphatic carbocycles. The van der Waals surface area contributed by atoms with Crippen molar-refractivity contribution in [1.82, 2.24) is 15.0 Å². The molecule has 0 saturated carbocycles. The molecule has 3 heterocycles. The SMILES string of the molecule is CC(C)[C@@H]1OCCC[C@@H]1Nc1nccc(NCc2ccncc2)n1. The molecular weight excluding hydrogens is 302 g/mol. The van der Waals surface area contributed by atoms with Crippen molar-refractivity contribution >= 4 is 11.8 Å². The van der Waals surface area contributed by atoms with E-state index in [1.165, 1.54) is 5.56 Å². The number of hydrogen-bond donors (Lipinski definition) is 2. The van der Waals surface area contributed by atoms with Crippen molar-refractivity contribution < 1.29 is 4.74 Å². The standard InChI is InChI=1S/C18H25N5O/c1-13(2)17-15(4-3-11-24-17)22-18-20-10-7-16(23-18)21-12-14-5-8-19-9-6-14/h5-10,13,15,17H,3-4,11-12H2,1-2H3,(H2,20,21,22,23)/t15-,17-/m0/s1. The molecule has 2 aromatic rings. The Balaban J connectivity index is 1.62. The Kier molecular flexibility index (Phi) is 5.59. The molecule has 1 aliphatic heterocycles. The Morgan fingerprint density at radius 3 is 2.83 bits per heavy atom. The summed E-state index contributed by atoms with van der Waals surface area (Å²) in [5, 5.41) is 6.78. The molecule has 24 heavy (non-hydrogen) atoms. The van der Waals surface area contributed by atoms with Gasteiger partial charge in [-0.25, -0.2) is 4.98 Å². The van der Waals surface area contributed by atoms with Gasteiger partial charge in [-0.05, 0) is 42.5 Å². The molecule has 6 heteroatoms. The van der Waals surface area contributed by atoms with E-state index in [4.69, 9.17) is 4.74 Å². The van der Waals surface area contributed by atoms with Crippen molar-refractivity contribution in [1.29, 1.82) is 0 Å². The van der Waals surface area contributed by atoms with Gasteiger partial charge in [-0.2, -0.15) is 4.98 Å². The van der Waals surface area contributed by atoms with Gasteiger partial charge in [0.2, 0.25) is 5.95 Å². The zero-order valence-electron chi connectivity index (χ0n) is 14.3. The number of nitrogens with one attached hydrogen (secondary N) is 2. The number of ether oxygens (including phenoxy) is 1. The van der Waals surface area contributed by atoms with Gasteiger partial charge in [0.05, 0.1) is 12.1 Å². The number of anilines is 2. The van der Waals surface area contributed by atoms with Crippen LogP contribution < -0.4 is 10.6 Å². The van der Waals surface area contributed by atoms with E-state index in [1.807, 2.05) is 18.2 Å². The highest BCUT2D eigenvalue weighted by Crippen LogP contribution is 2.23. The van der Waals surface area contributed by atoms with Crippen LogP contribution in [0, 0.1) is 5.92 Å².